The fourth-order valence-electron chi connectivity index (χ4n) is 6.72. The van der Waals surface area contributed by atoms with Crippen LogP contribution < -0.4 is 0 Å². The number of carbonyl (C=O) groups is 1. The monoisotopic (exact) mass is 558 g/mol. The summed E-state index contributed by atoms with van der Waals surface area (Å²) in [6, 6.07) is 17.0. The number of hydrogen-bond acceptors (Lipinski definition) is 3. The number of likely N-dealkylation sites (tertiary alicyclic amines) is 2. The minimum Gasteiger partial charge on any atom is -0.379 e. The van der Waals surface area contributed by atoms with Crippen LogP contribution in [0.25, 0.3) is 0 Å². The molecule has 208 valence electrons. The zero-order valence-electron chi connectivity index (χ0n) is 23.3. The van der Waals surface area contributed by atoms with Crippen LogP contribution in [0.15, 0.2) is 48.5 Å². The molecular weight excluding hydrogens is 515 g/mol. The van der Waals surface area contributed by atoms with Gasteiger partial charge in [0.05, 0.1) is 16.1 Å². The molecule has 2 saturated heterocycles. The second-order valence-corrected chi connectivity index (χ2v) is 12.4. The third kappa shape index (κ3) is 7.33. The van der Waals surface area contributed by atoms with Gasteiger partial charge in [0.15, 0.2) is 0 Å². The van der Waals surface area contributed by atoms with Gasteiger partial charge in [-0.1, -0.05) is 59.6 Å². The van der Waals surface area contributed by atoms with Crippen LogP contribution >= 0.6 is 23.2 Å². The van der Waals surface area contributed by atoms with Crippen molar-refractivity contribution in [2.75, 3.05) is 32.8 Å². The summed E-state index contributed by atoms with van der Waals surface area (Å²) in [5.41, 5.74) is 2.41. The second-order valence-electron chi connectivity index (χ2n) is 11.5. The lowest BCUT2D eigenvalue weighted by Gasteiger charge is -2.51. The highest BCUT2D eigenvalue weighted by Gasteiger charge is 2.46. The van der Waals surface area contributed by atoms with Crippen molar-refractivity contribution in [1.29, 1.82) is 0 Å². The van der Waals surface area contributed by atoms with Crippen molar-refractivity contribution >= 4 is 29.1 Å². The van der Waals surface area contributed by atoms with Gasteiger partial charge in [0.1, 0.15) is 0 Å². The van der Waals surface area contributed by atoms with Crippen molar-refractivity contribution < 1.29 is 9.53 Å². The van der Waals surface area contributed by atoms with E-state index in [4.69, 9.17) is 27.9 Å². The van der Waals surface area contributed by atoms with Crippen LogP contribution in [-0.2, 0) is 21.4 Å². The smallest absolute Gasteiger partial charge is 0.219 e. The highest BCUT2D eigenvalue weighted by molar-refractivity contribution is 6.42. The molecule has 2 fully saturated rings. The zero-order chi connectivity index (χ0) is 27.1. The van der Waals surface area contributed by atoms with Crippen LogP contribution in [0.2, 0.25) is 10.0 Å². The minimum absolute atomic E-state index is 0.101. The summed E-state index contributed by atoms with van der Waals surface area (Å²) in [5, 5.41) is 1.14. The number of halogens is 2. The van der Waals surface area contributed by atoms with Crippen LogP contribution in [-0.4, -0.2) is 60.6 Å². The summed E-state index contributed by atoms with van der Waals surface area (Å²) in [7, 11) is 0. The van der Waals surface area contributed by atoms with Crippen molar-refractivity contribution in [3.8, 4) is 0 Å². The fraction of sp³-hybridized carbons (Fsp3) is 0.594. The second kappa shape index (κ2) is 13.7. The minimum atomic E-state index is -0.210. The number of ether oxygens (including phenoxy) is 1. The quantitative estimate of drug-likeness (QED) is 0.304. The largest absolute Gasteiger partial charge is 0.379 e. The lowest BCUT2D eigenvalue weighted by Crippen LogP contribution is -2.57. The van der Waals surface area contributed by atoms with Crippen molar-refractivity contribution in [3.63, 3.8) is 0 Å². The predicted octanol–water partition coefficient (Wildman–Crippen LogP) is 7.40. The number of amides is 1. The molecule has 2 aliphatic rings. The first-order valence-corrected chi connectivity index (χ1v) is 15.1. The molecule has 1 amide bonds. The van der Waals surface area contributed by atoms with E-state index in [1.54, 1.807) is 6.92 Å². The Labute approximate surface area is 239 Å². The van der Waals surface area contributed by atoms with E-state index in [0.717, 1.165) is 57.8 Å². The molecule has 2 unspecified atom stereocenters. The first kappa shape index (κ1) is 29.4. The molecule has 2 atom stereocenters. The summed E-state index contributed by atoms with van der Waals surface area (Å²) in [4.78, 5) is 17.7. The van der Waals surface area contributed by atoms with Gasteiger partial charge in [-0.15, -0.1) is 0 Å². The Bertz CT molecular complexity index is 1040. The molecule has 38 heavy (non-hydrogen) atoms. The van der Waals surface area contributed by atoms with Gasteiger partial charge < -0.3 is 14.5 Å². The molecular formula is C32H44Cl2N2O2. The van der Waals surface area contributed by atoms with Gasteiger partial charge in [-0.2, -0.15) is 0 Å². The molecule has 0 bridgehead atoms. The van der Waals surface area contributed by atoms with E-state index in [-0.39, 0.29) is 23.5 Å². The maximum Gasteiger partial charge on any atom is 0.219 e. The third-order valence-electron chi connectivity index (χ3n) is 8.73. The molecule has 0 radical (unpaired) electrons. The molecule has 0 N–H and O–H groups in total. The first-order chi connectivity index (χ1) is 18.3. The van der Waals surface area contributed by atoms with Gasteiger partial charge >= 0.3 is 0 Å². The lowest BCUT2D eigenvalue weighted by molar-refractivity contribution is -0.136. The Morgan fingerprint density at radius 1 is 1.05 bits per heavy atom. The molecule has 4 nitrogen and oxygen atoms in total. The summed E-state index contributed by atoms with van der Waals surface area (Å²) in [6.45, 7) is 10.6. The average Bonchev–Trinajstić information content (AvgIpc) is 2.90. The van der Waals surface area contributed by atoms with Crippen LogP contribution in [0.5, 0.6) is 0 Å². The summed E-state index contributed by atoms with van der Waals surface area (Å²) < 4.78 is 6.07. The lowest BCUT2D eigenvalue weighted by atomic mass is 9.65. The summed E-state index contributed by atoms with van der Waals surface area (Å²) >= 11 is 12.9. The van der Waals surface area contributed by atoms with E-state index >= 15 is 0 Å². The van der Waals surface area contributed by atoms with E-state index < -0.39 is 0 Å². The van der Waals surface area contributed by atoms with Crippen LogP contribution in [0.4, 0.5) is 0 Å². The maximum atomic E-state index is 12.9. The van der Waals surface area contributed by atoms with Gasteiger partial charge in [0.2, 0.25) is 5.91 Å². The van der Waals surface area contributed by atoms with Gasteiger partial charge in [-0.3, -0.25) is 4.79 Å². The summed E-state index contributed by atoms with van der Waals surface area (Å²) in [5.74, 6) is 0.908. The number of nitrogens with zero attached hydrogens (tertiary/aromatic N) is 2. The van der Waals surface area contributed by atoms with Gasteiger partial charge in [-0.05, 0) is 101 Å². The Morgan fingerprint density at radius 3 is 2.45 bits per heavy atom. The highest BCUT2D eigenvalue weighted by Crippen LogP contribution is 2.45. The van der Waals surface area contributed by atoms with E-state index in [1.165, 1.54) is 30.4 Å². The van der Waals surface area contributed by atoms with Gasteiger partial charge in [0.25, 0.3) is 0 Å². The van der Waals surface area contributed by atoms with Crippen molar-refractivity contribution in [2.45, 2.75) is 83.3 Å². The molecule has 0 saturated carbocycles. The normalized spacial score (nSPS) is 23.2. The van der Waals surface area contributed by atoms with Gasteiger partial charge in [-0.25, -0.2) is 0 Å². The molecule has 0 aliphatic carbocycles. The average molecular weight is 560 g/mol. The number of hydrogen-bond donors (Lipinski definition) is 0. The zero-order valence-corrected chi connectivity index (χ0v) is 24.8. The highest BCUT2D eigenvalue weighted by atomic mass is 35.5. The number of rotatable bonds is 10. The Morgan fingerprint density at radius 2 is 1.79 bits per heavy atom. The topological polar surface area (TPSA) is 32.8 Å². The van der Waals surface area contributed by atoms with Gasteiger partial charge in [0, 0.05) is 38.1 Å². The molecule has 2 aromatic rings. The van der Waals surface area contributed by atoms with Crippen molar-refractivity contribution in [1.82, 2.24) is 9.80 Å². The van der Waals surface area contributed by atoms with E-state index in [1.807, 2.05) is 12.1 Å². The predicted molar refractivity (Wildman–Crippen MR) is 158 cm³/mol. The van der Waals surface area contributed by atoms with Crippen molar-refractivity contribution in [2.24, 2.45) is 5.92 Å². The molecule has 4 rings (SSSR count). The van der Waals surface area contributed by atoms with Crippen molar-refractivity contribution in [3.05, 3.63) is 69.7 Å². The van der Waals surface area contributed by atoms with Crippen LogP contribution in [0, 0.1) is 5.92 Å². The van der Waals surface area contributed by atoms with E-state index in [0.29, 0.717) is 16.7 Å². The number of benzene rings is 2. The molecule has 6 heteroatoms. The fourth-order valence-corrected chi connectivity index (χ4v) is 7.01. The molecule has 2 heterocycles. The Kier molecular flexibility index (Phi) is 10.6. The molecule has 2 aromatic carbocycles. The summed E-state index contributed by atoms with van der Waals surface area (Å²) in [6.07, 6.45) is 7.60. The standard InChI is InChI=1S/C32H44Cl2N2O2/c1-24(2)38-21-16-32(28-10-11-29(33)30(34)23-28)15-7-17-36(25(3)37)31(32)14-20-35-18-12-27(13-19-35)22-26-8-5-4-6-9-26/h4-6,8-11,23-24,27,31H,7,12-22H2,1-3H3. The number of piperidine rings is 2. The van der Waals surface area contributed by atoms with E-state index in [2.05, 4.69) is 60.0 Å². The first-order valence-electron chi connectivity index (χ1n) is 14.4. The number of carbonyl (C=O) groups excluding carboxylic acids is 1. The van der Waals surface area contributed by atoms with Crippen LogP contribution in [0.1, 0.15) is 70.4 Å². The Balaban J connectivity index is 1.50. The SMILES string of the molecule is CC(=O)N1CCCC(CCOC(C)C)(c2ccc(Cl)c(Cl)c2)C1CCN1CCC(Cc2ccccc2)CC1. The molecule has 0 spiro atoms. The molecule has 2 aliphatic heterocycles. The van der Waals surface area contributed by atoms with E-state index in [9.17, 15) is 4.79 Å². The van der Waals surface area contributed by atoms with Crippen LogP contribution in [0.3, 0.4) is 0 Å². The molecule has 0 aromatic heterocycles. The maximum absolute atomic E-state index is 12.9. The third-order valence-corrected chi connectivity index (χ3v) is 9.47. The Hall–Kier alpha value is -1.59.